The first kappa shape index (κ1) is 16.7. The Kier molecular flexibility index (Phi) is 5.86. The Morgan fingerprint density at radius 1 is 1.17 bits per heavy atom. The summed E-state index contributed by atoms with van der Waals surface area (Å²) in [7, 11) is 0. The van der Waals surface area contributed by atoms with Crippen molar-refractivity contribution < 1.29 is 9.59 Å². The van der Waals surface area contributed by atoms with Gasteiger partial charge in [0, 0.05) is 25.9 Å². The van der Waals surface area contributed by atoms with E-state index < -0.39 is 0 Å². The van der Waals surface area contributed by atoms with Gasteiger partial charge in [0.2, 0.25) is 11.8 Å². The highest BCUT2D eigenvalue weighted by molar-refractivity contribution is 5.84. The fourth-order valence-corrected chi connectivity index (χ4v) is 2.28. The summed E-state index contributed by atoms with van der Waals surface area (Å²) in [6.45, 7) is 3.79. The Morgan fingerprint density at radius 3 is 2.52 bits per heavy atom. The molecule has 1 N–H and O–H groups in total. The van der Waals surface area contributed by atoms with E-state index >= 15 is 0 Å². The van der Waals surface area contributed by atoms with Crippen molar-refractivity contribution in [3.63, 3.8) is 0 Å². The third-order valence-corrected chi connectivity index (χ3v) is 3.55. The van der Waals surface area contributed by atoms with Crippen LogP contribution in [0, 0.1) is 0 Å². The Balaban J connectivity index is 1.94. The van der Waals surface area contributed by atoms with Crippen LogP contribution in [0.2, 0.25) is 0 Å². The zero-order valence-corrected chi connectivity index (χ0v) is 13.4. The number of pyridine rings is 1. The molecule has 0 spiro atoms. The topological polar surface area (TPSA) is 62.3 Å². The number of hydrogen-bond acceptors (Lipinski definition) is 3. The molecule has 1 aromatic heterocycles. The van der Waals surface area contributed by atoms with Crippen molar-refractivity contribution in [2.45, 2.75) is 26.4 Å². The zero-order valence-electron chi connectivity index (χ0n) is 13.4. The molecule has 120 valence electrons. The van der Waals surface area contributed by atoms with E-state index in [2.05, 4.69) is 10.3 Å². The lowest BCUT2D eigenvalue weighted by molar-refractivity contribution is -0.135. The maximum absolute atomic E-state index is 12.2. The summed E-state index contributed by atoms with van der Waals surface area (Å²) in [5, 5.41) is 2.92. The average Bonchev–Trinajstić information content (AvgIpc) is 2.56. The van der Waals surface area contributed by atoms with Crippen LogP contribution in [0.25, 0.3) is 0 Å². The Labute approximate surface area is 136 Å². The number of hydrogen-bond donors (Lipinski definition) is 1. The number of nitrogens with one attached hydrogen (secondary N) is 1. The highest BCUT2D eigenvalue weighted by Gasteiger charge is 2.16. The second-order valence-electron chi connectivity index (χ2n) is 5.44. The number of aromatic nitrogens is 1. The first-order chi connectivity index (χ1) is 11.1. The molecule has 0 aliphatic heterocycles. The quantitative estimate of drug-likeness (QED) is 0.890. The molecule has 5 nitrogen and oxygen atoms in total. The minimum Gasteiger partial charge on any atom is -0.348 e. The van der Waals surface area contributed by atoms with Crippen LogP contribution < -0.4 is 5.32 Å². The van der Waals surface area contributed by atoms with Crippen LogP contribution in [0.4, 0.5) is 0 Å². The number of carbonyl (C=O) groups is 2. The first-order valence-electron chi connectivity index (χ1n) is 7.55. The lowest BCUT2D eigenvalue weighted by Gasteiger charge is -2.22. The van der Waals surface area contributed by atoms with Gasteiger partial charge in [-0.05, 0) is 24.1 Å². The van der Waals surface area contributed by atoms with E-state index in [1.807, 2.05) is 49.4 Å². The summed E-state index contributed by atoms with van der Waals surface area (Å²) >= 11 is 0. The fourth-order valence-electron chi connectivity index (χ4n) is 2.28. The van der Waals surface area contributed by atoms with E-state index in [0.717, 1.165) is 11.1 Å². The first-order valence-corrected chi connectivity index (χ1v) is 7.55. The molecule has 2 aromatic rings. The minimum atomic E-state index is -0.180. The zero-order chi connectivity index (χ0) is 16.7. The van der Waals surface area contributed by atoms with Crippen molar-refractivity contribution >= 4 is 11.8 Å². The van der Waals surface area contributed by atoms with Crippen LogP contribution in [-0.2, 0) is 16.1 Å². The summed E-state index contributed by atoms with van der Waals surface area (Å²) in [5.41, 5.74) is 1.93. The van der Waals surface area contributed by atoms with Crippen LogP contribution in [0.1, 0.15) is 31.0 Å². The van der Waals surface area contributed by atoms with E-state index in [1.54, 1.807) is 12.4 Å². The van der Waals surface area contributed by atoms with Crippen molar-refractivity contribution in [1.29, 1.82) is 0 Å². The number of benzene rings is 1. The van der Waals surface area contributed by atoms with Crippen LogP contribution >= 0.6 is 0 Å². The molecule has 1 aromatic carbocycles. The Bertz CT molecular complexity index is 644. The highest BCUT2D eigenvalue weighted by atomic mass is 16.2. The molecular weight excluding hydrogens is 290 g/mol. The van der Waals surface area contributed by atoms with Crippen molar-refractivity contribution in [3.8, 4) is 0 Å². The van der Waals surface area contributed by atoms with Gasteiger partial charge >= 0.3 is 0 Å². The van der Waals surface area contributed by atoms with Gasteiger partial charge in [-0.15, -0.1) is 0 Å². The molecule has 0 aliphatic carbocycles. The largest absolute Gasteiger partial charge is 0.348 e. The van der Waals surface area contributed by atoms with Crippen LogP contribution in [0.3, 0.4) is 0 Å². The number of amides is 2. The Morgan fingerprint density at radius 2 is 1.91 bits per heavy atom. The van der Waals surface area contributed by atoms with Crippen molar-refractivity contribution in [3.05, 3.63) is 66.0 Å². The second-order valence-corrected chi connectivity index (χ2v) is 5.44. The fraction of sp³-hybridized carbons (Fsp3) is 0.278. The second kappa shape index (κ2) is 8.08. The van der Waals surface area contributed by atoms with Gasteiger partial charge in [-0.3, -0.25) is 14.6 Å². The normalized spacial score (nSPS) is 11.6. The molecule has 0 radical (unpaired) electrons. The van der Waals surface area contributed by atoms with E-state index in [4.69, 9.17) is 0 Å². The SMILES string of the molecule is CC(=O)N(CC(=O)NC(C)c1ccccc1)Cc1cccnc1. The lowest BCUT2D eigenvalue weighted by Crippen LogP contribution is -2.40. The van der Waals surface area contributed by atoms with Gasteiger partial charge in [-0.2, -0.15) is 0 Å². The third-order valence-electron chi connectivity index (χ3n) is 3.55. The molecule has 23 heavy (non-hydrogen) atoms. The molecule has 0 saturated heterocycles. The predicted octanol–water partition coefficient (Wildman–Crippen LogP) is 2.31. The van der Waals surface area contributed by atoms with Crippen molar-refractivity contribution in [2.75, 3.05) is 6.54 Å². The van der Waals surface area contributed by atoms with Gasteiger partial charge in [-0.1, -0.05) is 36.4 Å². The molecular formula is C18H21N3O2. The predicted molar refractivity (Wildman–Crippen MR) is 88.3 cm³/mol. The average molecular weight is 311 g/mol. The maximum atomic E-state index is 12.2. The van der Waals surface area contributed by atoms with Crippen molar-refractivity contribution in [1.82, 2.24) is 15.2 Å². The smallest absolute Gasteiger partial charge is 0.240 e. The minimum absolute atomic E-state index is 0.0292. The van der Waals surface area contributed by atoms with Gasteiger partial charge in [-0.25, -0.2) is 0 Å². The highest BCUT2D eigenvalue weighted by Crippen LogP contribution is 2.11. The van der Waals surface area contributed by atoms with Gasteiger partial charge < -0.3 is 10.2 Å². The molecule has 0 bridgehead atoms. The number of nitrogens with zero attached hydrogens (tertiary/aromatic N) is 2. The van der Waals surface area contributed by atoms with E-state index in [1.165, 1.54) is 11.8 Å². The molecule has 0 fully saturated rings. The van der Waals surface area contributed by atoms with Gasteiger partial charge in [0.05, 0.1) is 12.6 Å². The van der Waals surface area contributed by atoms with E-state index in [9.17, 15) is 9.59 Å². The summed E-state index contributed by atoms with van der Waals surface area (Å²) in [5.74, 6) is -0.322. The molecule has 1 unspecified atom stereocenters. The van der Waals surface area contributed by atoms with Crippen LogP contribution in [0.5, 0.6) is 0 Å². The summed E-state index contributed by atoms with van der Waals surface area (Å²) < 4.78 is 0. The van der Waals surface area contributed by atoms with Crippen LogP contribution in [0.15, 0.2) is 54.9 Å². The molecule has 2 amide bonds. The van der Waals surface area contributed by atoms with Crippen LogP contribution in [-0.4, -0.2) is 28.2 Å². The maximum Gasteiger partial charge on any atom is 0.240 e. The summed E-state index contributed by atoms with van der Waals surface area (Å²) in [6, 6.07) is 13.3. The Hall–Kier alpha value is -2.69. The van der Waals surface area contributed by atoms with E-state index in [-0.39, 0.29) is 24.4 Å². The number of carbonyl (C=O) groups excluding carboxylic acids is 2. The summed E-state index contributed by atoms with van der Waals surface area (Å²) in [4.78, 5) is 29.5. The lowest BCUT2D eigenvalue weighted by atomic mass is 10.1. The van der Waals surface area contributed by atoms with Gasteiger partial charge in [0.25, 0.3) is 0 Å². The van der Waals surface area contributed by atoms with E-state index in [0.29, 0.717) is 6.54 Å². The molecule has 0 aliphatic rings. The molecule has 2 rings (SSSR count). The third kappa shape index (κ3) is 5.21. The molecule has 0 saturated carbocycles. The molecule has 1 atom stereocenters. The standard InChI is InChI=1S/C18H21N3O2/c1-14(17-8-4-3-5-9-17)20-18(23)13-21(15(2)22)12-16-7-6-10-19-11-16/h3-11,14H,12-13H2,1-2H3,(H,20,23). The van der Waals surface area contributed by atoms with Gasteiger partial charge in [0.15, 0.2) is 0 Å². The van der Waals surface area contributed by atoms with Crippen molar-refractivity contribution in [2.24, 2.45) is 0 Å². The summed E-state index contributed by atoms with van der Waals surface area (Å²) in [6.07, 6.45) is 3.37. The van der Waals surface area contributed by atoms with Gasteiger partial charge in [0.1, 0.15) is 0 Å². The molecule has 1 heterocycles. The molecule has 5 heteroatoms. The monoisotopic (exact) mass is 311 g/mol. The number of rotatable bonds is 6.